The second kappa shape index (κ2) is 9.56. The molecular formula is C28H33F2N3O3S. The molecule has 2 atom stereocenters. The van der Waals surface area contributed by atoms with Crippen LogP contribution in [0.15, 0.2) is 60.7 Å². The first-order valence-electron chi connectivity index (χ1n) is 12.4. The topological polar surface area (TPSA) is 70.4 Å². The van der Waals surface area contributed by atoms with Crippen LogP contribution in [-0.4, -0.2) is 55.1 Å². The molecule has 6 nitrogen and oxygen atoms in total. The third-order valence-electron chi connectivity index (χ3n) is 7.74. The summed E-state index contributed by atoms with van der Waals surface area (Å²) < 4.78 is 53.1. The Balaban J connectivity index is 1.39. The number of hydrogen-bond donors (Lipinski definition) is 3. The second-order valence-corrected chi connectivity index (χ2v) is 12.3. The largest absolute Gasteiger partial charge is 0.507 e. The van der Waals surface area contributed by atoms with Gasteiger partial charge in [-0.2, -0.15) is 4.31 Å². The molecule has 0 bridgehead atoms. The lowest BCUT2D eigenvalue weighted by Crippen LogP contribution is -2.57. The van der Waals surface area contributed by atoms with Crippen molar-refractivity contribution in [2.45, 2.75) is 44.8 Å². The predicted molar refractivity (Wildman–Crippen MR) is 144 cm³/mol. The number of aromatic hydroxyl groups is 1. The molecule has 37 heavy (non-hydrogen) atoms. The zero-order chi connectivity index (χ0) is 26.5. The number of phenols is 1. The van der Waals surface area contributed by atoms with Crippen LogP contribution >= 0.6 is 11.0 Å². The molecule has 0 saturated carbocycles. The van der Waals surface area contributed by atoms with Gasteiger partial charge in [0, 0.05) is 38.3 Å². The number of benzene rings is 3. The third-order valence-corrected chi connectivity index (χ3v) is 9.80. The van der Waals surface area contributed by atoms with Crippen LogP contribution in [0.5, 0.6) is 5.75 Å². The fourth-order valence-electron chi connectivity index (χ4n) is 5.96. The van der Waals surface area contributed by atoms with Crippen molar-refractivity contribution in [2.24, 2.45) is 0 Å². The van der Waals surface area contributed by atoms with Gasteiger partial charge in [-0.15, -0.1) is 0 Å². The van der Waals surface area contributed by atoms with Crippen molar-refractivity contribution in [3.05, 3.63) is 83.4 Å². The normalized spacial score (nSPS) is 25.1. The molecule has 2 aliphatic rings. The summed E-state index contributed by atoms with van der Waals surface area (Å²) in [6.45, 7) is 5.78. The van der Waals surface area contributed by atoms with Crippen molar-refractivity contribution in [2.75, 3.05) is 24.4 Å². The van der Waals surface area contributed by atoms with Crippen molar-refractivity contribution in [1.82, 2.24) is 9.21 Å². The molecule has 2 heterocycles. The fraction of sp³-hybridized carbons (Fsp3) is 0.357. The Morgan fingerprint density at radius 1 is 1.00 bits per heavy atom. The molecule has 0 aromatic heterocycles. The molecule has 3 N–H and O–H groups in total. The van der Waals surface area contributed by atoms with Crippen molar-refractivity contribution in [3.63, 3.8) is 0 Å². The molecule has 198 valence electrons. The number of halogens is 2. The smallest absolute Gasteiger partial charge is 0.125 e. The molecule has 0 unspecified atom stereocenters. The Bertz CT molecular complexity index is 1320. The van der Waals surface area contributed by atoms with Crippen LogP contribution in [0.2, 0.25) is 0 Å². The van der Waals surface area contributed by atoms with E-state index in [1.54, 1.807) is 39.9 Å². The maximum absolute atomic E-state index is 14.1. The Kier molecular flexibility index (Phi) is 6.70. The number of rotatable bonds is 4. The lowest BCUT2D eigenvalue weighted by molar-refractivity contribution is 0.100. The van der Waals surface area contributed by atoms with E-state index in [1.807, 2.05) is 19.1 Å². The maximum atomic E-state index is 14.1. The Labute approximate surface area is 218 Å². The van der Waals surface area contributed by atoms with Gasteiger partial charge in [0.1, 0.15) is 17.4 Å². The highest BCUT2D eigenvalue weighted by molar-refractivity contribution is 8.23. The summed E-state index contributed by atoms with van der Waals surface area (Å²) in [5.74, 6) is -0.578. The second-order valence-electron chi connectivity index (χ2n) is 10.4. The molecule has 1 spiro atoms. The molecular weight excluding hydrogens is 496 g/mol. The highest BCUT2D eigenvalue weighted by Crippen LogP contribution is 2.61. The van der Waals surface area contributed by atoms with Gasteiger partial charge in [-0.3, -0.25) is 18.3 Å². The number of anilines is 1. The summed E-state index contributed by atoms with van der Waals surface area (Å²) in [7, 11) is -1.57. The van der Waals surface area contributed by atoms with Gasteiger partial charge in [-0.1, -0.05) is 29.2 Å². The molecule has 0 amide bonds. The molecule has 2 fully saturated rings. The lowest BCUT2D eigenvalue weighted by atomic mass is 9.82. The van der Waals surface area contributed by atoms with Crippen LogP contribution in [0.25, 0.3) is 11.1 Å². The molecule has 3 aromatic rings. The quantitative estimate of drug-likeness (QED) is 0.363. The van der Waals surface area contributed by atoms with E-state index in [1.165, 1.54) is 24.3 Å². The molecule has 2 saturated heterocycles. The number of likely N-dealkylation sites (N-methyl/N-ethyl adjacent to an activating group) is 1. The van der Waals surface area contributed by atoms with Crippen LogP contribution in [-0.2, 0) is 6.54 Å². The monoisotopic (exact) mass is 529 g/mol. The van der Waals surface area contributed by atoms with Gasteiger partial charge in [0.25, 0.3) is 0 Å². The van der Waals surface area contributed by atoms with Crippen molar-refractivity contribution in [3.8, 4) is 16.9 Å². The molecule has 0 radical (unpaired) electrons. The minimum atomic E-state index is -3.26. The van der Waals surface area contributed by atoms with Crippen LogP contribution in [0.1, 0.15) is 30.9 Å². The van der Waals surface area contributed by atoms with E-state index in [4.69, 9.17) is 0 Å². The van der Waals surface area contributed by atoms with Gasteiger partial charge in [-0.25, -0.2) is 8.78 Å². The highest BCUT2D eigenvalue weighted by atomic mass is 32.3. The summed E-state index contributed by atoms with van der Waals surface area (Å²) in [6.07, 6.45) is 1.35. The number of phenolic OH excluding ortho intramolecular Hbond substituents is 1. The van der Waals surface area contributed by atoms with Crippen molar-refractivity contribution < 1.29 is 23.0 Å². The van der Waals surface area contributed by atoms with Crippen LogP contribution in [0.3, 0.4) is 0 Å². The van der Waals surface area contributed by atoms with Gasteiger partial charge in [0.2, 0.25) is 0 Å². The van der Waals surface area contributed by atoms with E-state index in [0.29, 0.717) is 43.7 Å². The number of aryl methyl sites for hydroxylation is 1. The predicted octanol–water partition coefficient (Wildman–Crippen LogP) is 6.40. The zero-order valence-electron chi connectivity index (χ0n) is 21.2. The fourth-order valence-corrected chi connectivity index (χ4v) is 7.79. The van der Waals surface area contributed by atoms with Crippen LogP contribution in [0, 0.1) is 18.6 Å². The highest BCUT2D eigenvalue weighted by Gasteiger charge is 2.55. The van der Waals surface area contributed by atoms with E-state index in [2.05, 4.69) is 11.8 Å². The summed E-state index contributed by atoms with van der Waals surface area (Å²) in [5, 5.41) is 10.5. The van der Waals surface area contributed by atoms with Crippen LogP contribution < -0.4 is 4.31 Å². The SMILES string of the molecule is Cc1cc(F)ccc1-c1cc(CN2CC[C@@]3(C[C@@H]2C)CN(C)S(O)(O)N3c2cccc(F)c2)ccc1O. The molecule has 0 aliphatic carbocycles. The van der Waals surface area contributed by atoms with E-state index >= 15 is 0 Å². The van der Waals surface area contributed by atoms with Crippen LogP contribution in [0.4, 0.5) is 14.5 Å². The summed E-state index contributed by atoms with van der Waals surface area (Å²) in [5.41, 5.74) is 3.17. The van der Waals surface area contributed by atoms with E-state index in [9.17, 15) is 23.0 Å². The van der Waals surface area contributed by atoms with E-state index in [-0.39, 0.29) is 17.6 Å². The maximum Gasteiger partial charge on any atom is 0.125 e. The van der Waals surface area contributed by atoms with E-state index < -0.39 is 22.3 Å². The first kappa shape index (κ1) is 25.9. The van der Waals surface area contributed by atoms with Crippen molar-refractivity contribution in [1.29, 1.82) is 0 Å². The van der Waals surface area contributed by atoms with Gasteiger partial charge < -0.3 is 5.11 Å². The summed E-state index contributed by atoms with van der Waals surface area (Å²) in [4.78, 5) is 2.34. The third kappa shape index (κ3) is 4.70. The number of piperidine rings is 1. The summed E-state index contributed by atoms with van der Waals surface area (Å²) >= 11 is 0. The zero-order valence-corrected chi connectivity index (χ0v) is 22.1. The molecule has 5 rings (SSSR count). The van der Waals surface area contributed by atoms with Gasteiger partial charge >= 0.3 is 0 Å². The van der Waals surface area contributed by atoms with Crippen molar-refractivity contribution >= 4 is 16.6 Å². The lowest BCUT2D eigenvalue weighted by Gasteiger charge is -2.51. The van der Waals surface area contributed by atoms with Gasteiger partial charge in [-0.05, 0) is 85.8 Å². The number of hydrogen-bond acceptors (Lipinski definition) is 6. The molecule has 9 heteroatoms. The minimum Gasteiger partial charge on any atom is -0.507 e. The average molecular weight is 530 g/mol. The first-order valence-corrected chi connectivity index (χ1v) is 13.8. The first-order chi connectivity index (χ1) is 17.5. The van der Waals surface area contributed by atoms with Gasteiger partial charge in [0.15, 0.2) is 0 Å². The van der Waals surface area contributed by atoms with Gasteiger partial charge in [0.05, 0.1) is 11.2 Å². The molecule has 3 aromatic carbocycles. The minimum absolute atomic E-state index is 0.108. The standard InChI is InChI=1S/C28H33F2N3O3S/c1-19-13-23(30)8-9-25(19)26-14-21(7-10-27(26)34)17-32-12-11-28(16-20(32)2)18-31(3)37(35,36)33(28)24-6-4-5-22(29)15-24/h4-10,13-15,20,34-36H,11-12,16-18H2,1-3H3/t20-,28+/m0/s1. The Morgan fingerprint density at radius 3 is 2.46 bits per heavy atom. The summed E-state index contributed by atoms with van der Waals surface area (Å²) in [6, 6.07) is 16.2. The average Bonchev–Trinajstić information content (AvgIpc) is 3.01. The number of likely N-dealkylation sites (tertiary alicyclic amines) is 1. The Morgan fingerprint density at radius 2 is 1.76 bits per heavy atom. The Hall–Kier alpha value is -2.69. The molecule has 2 aliphatic heterocycles. The number of nitrogens with zero attached hydrogens (tertiary/aromatic N) is 3. The van der Waals surface area contributed by atoms with E-state index in [0.717, 1.165) is 16.7 Å².